The van der Waals surface area contributed by atoms with Crippen LogP contribution in [-0.4, -0.2) is 22.8 Å². The average Bonchev–Trinajstić information content (AvgIpc) is 3.36. The molecule has 2 aromatic carbocycles. The van der Waals surface area contributed by atoms with Crippen LogP contribution in [0.1, 0.15) is 36.8 Å². The number of fused-ring (bicyclic) bond motifs is 1. The van der Waals surface area contributed by atoms with Crippen molar-refractivity contribution in [2.45, 2.75) is 44.8 Å². The molecule has 1 N–H and O–H groups in total. The van der Waals surface area contributed by atoms with Gasteiger partial charge in [0.1, 0.15) is 0 Å². The monoisotopic (exact) mass is 368 g/mol. The first-order chi connectivity index (χ1) is 12.8. The van der Waals surface area contributed by atoms with Crippen LogP contribution in [0.5, 0.6) is 11.5 Å². The van der Waals surface area contributed by atoms with Gasteiger partial charge < -0.3 is 19.7 Å². The largest absolute Gasteiger partial charge is 0.454 e. The van der Waals surface area contributed by atoms with Crippen molar-refractivity contribution in [3.63, 3.8) is 0 Å². The van der Waals surface area contributed by atoms with Crippen molar-refractivity contribution in [1.29, 1.82) is 0 Å². The van der Waals surface area contributed by atoms with Gasteiger partial charge in [-0.25, -0.2) is 0 Å². The van der Waals surface area contributed by atoms with Crippen molar-refractivity contribution in [2.24, 2.45) is 0 Å². The van der Waals surface area contributed by atoms with Gasteiger partial charge in [-0.3, -0.25) is 0 Å². The maximum atomic E-state index is 5.77. The zero-order chi connectivity index (χ0) is 17.8. The number of benzene rings is 2. The molecular weight excluding hydrogens is 344 g/mol. The van der Waals surface area contributed by atoms with E-state index in [9.17, 15) is 0 Å². The highest BCUT2D eigenvalue weighted by Crippen LogP contribution is 2.33. The molecule has 0 spiro atoms. The smallest absolute Gasteiger partial charge is 0.231 e. The normalized spacial score (nSPS) is 15.8. The van der Waals surface area contributed by atoms with Gasteiger partial charge in [0.2, 0.25) is 6.79 Å². The predicted octanol–water partition coefficient (Wildman–Crippen LogP) is 4.23. The molecule has 26 heavy (non-hydrogen) atoms. The fourth-order valence-electron chi connectivity index (χ4n) is 3.69. The second kappa shape index (κ2) is 7.96. The molecule has 0 bridgehead atoms. The predicted molar refractivity (Wildman–Crippen MR) is 106 cm³/mol. The molecule has 1 aliphatic carbocycles. The van der Waals surface area contributed by atoms with Crippen LogP contribution < -0.4 is 14.8 Å². The molecule has 5 heteroatoms. The summed E-state index contributed by atoms with van der Waals surface area (Å²) < 4.78 is 10.9. The van der Waals surface area contributed by atoms with Gasteiger partial charge in [0.05, 0.1) is 0 Å². The summed E-state index contributed by atoms with van der Waals surface area (Å²) in [5.41, 5.74) is 2.44. The number of hydrogen-bond acceptors (Lipinski definition) is 3. The zero-order valence-corrected chi connectivity index (χ0v) is 15.6. The van der Waals surface area contributed by atoms with Gasteiger partial charge in [0.25, 0.3) is 0 Å². The van der Waals surface area contributed by atoms with Gasteiger partial charge in [-0.2, -0.15) is 0 Å². The van der Waals surface area contributed by atoms with Crippen molar-refractivity contribution >= 4 is 17.3 Å². The standard InChI is InChI=1S/C21H24N2O2S/c26-21(22-13-16-6-2-1-3-7-16)23(18-8-4-5-9-18)14-17-10-11-19-20(12-17)25-15-24-19/h1-3,6-7,10-12,18H,4-5,8-9,13-15H2,(H,22,26). The Morgan fingerprint density at radius 2 is 1.77 bits per heavy atom. The lowest BCUT2D eigenvalue weighted by Crippen LogP contribution is -2.44. The minimum atomic E-state index is 0.308. The molecule has 136 valence electrons. The summed E-state index contributed by atoms with van der Waals surface area (Å²) in [4.78, 5) is 2.35. The fourth-order valence-corrected chi connectivity index (χ4v) is 3.98. The van der Waals surface area contributed by atoms with Crippen LogP contribution in [0, 0.1) is 0 Å². The molecule has 1 fully saturated rings. The van der Waals surface area contributed by atoms with Gasteiger partial charge in [0, 0.05) is 19.1 Å². The van der Waals surface area contributed by atoms with Gasteiger partial charge in [-0.05, 0) is 48.3 Å². The van der Waals surface area contributed by atoms with Crippen molar-refractivity contribution in [3.05, 3.63) is 59.7 Å². The molecule has 4 nitrogen and oxygen atoms in total. The minimum absolute atomic E-state index is 0.308. The molecule has 4 rings (SSSR count). The lowest BCUT2D eigenvalue weighted by Gasteiger charge is -2.32. The summed E-state index contributed by atoms with van der Waals surface area (Å²) >= 11 is 5.77. The molecule has 2 aromatic rings. The molecular formula is C21H24N2O2S. The second-order valence-corrected chi connectivity index (χ2v) is 7.28. The van der Waals surface area contributed by atoms with E-state index in [1.165, 1.54) is 36.8 Å². The number of thiocarbonyl (C=S) groups is 1. The van der Waals surface area contributed by atoms with Crippen LogP contribution in [-0.2, 0) is 13.1 Å². The summed E-state index contributed by atoms with van der Waals surface area (Å²) in [6.07, 6.45) is 4.97. The Hall–Kier alpha value is -2.27. The van der Waals surface area contributed by atoms with Crippen molar-refractivity contribution in [2.75, 3.05) is 6.79 Å². The SMILES string of the molecule is S=C(NCc1ccccc1)N(Cc1ccc2c(c1)OCO2)C1CCCC1. The molecule has 0 saturated heterocycles. The second-order valence-electron chi connectivity index (χ2n) is 6.90. The third-order valence-electron chi connectivity index (χ3n) is 5.10. The van der Waals surface area contributed by atoms with Crippen LogP contribution in [0.3, 0.4) is 0 Å². The molecule has 0 radical (unpaired) electrons. The fraction of sp³-hybridized carbons (Fsp3) is 0.381. The van der Waals surface area contributed by atoms with E-state index in [-0.39, 0.29) is 0 Å². The van der Waals surface area contributed by atoms with Crippen LogP contribution >= 0.6 is 12.2 Å². The zero-order valence-electron chi connectivity index (χ0n) is 14.8. The minimum Gasteiger partial charge on any atom is -0.454 e. The van der Waals surface area contributed by atoms with Crippen molar-refractivity contribution < 1.29 is 9.47 Å². The van der Waals surface area contributed by atoms with Crippen molar-refractivity contribution in [3.8, 4) is 11.5 Å². The van der Waals surface area contributed by atoms with Crippen molar-refractivity contribution in [1.82, 2.24) is 10.2 Å². The lowest BCUT2D eigenvalue weighted by molar-refractivity contribution is 0.174. The number of hydrogen-bond donors (Lipinski definition) is 1. The van der Waals surface area contributed by atoms with E-state index in [0.29, 0.717) is 12.8 Å². The average molecular weight is 369 g/mol. The number of nitrogens with one attached hydrogen (secondary N) is 1. The quantitative estimate of drug-likeness (QED) is 0.799. The molecule has 0 atom stereocenters. The van der Waals surface area contributed by atoms with E-state index in [2.05, 4.69) is 46.6 Å². The van der Waals surface area contributed by atoms with E-state index in [0.717, 1.165) is 29.7 Å². The molecule has 1 saturated carbocycles. The third-order valence-corrected chi connectivity index (χ3v) is 5.48. The van der Waals surface area contributed by atoms with Crippen LogP contribution in [0.4, 0.5) is 0 Å². The van der Waals surface area contributed by atoms with Gasteiger partial charge in [0.15, 0.2) is 16.6 Å². The highest BCUT2D eigenvalue weighted by atomic mass is 32.1. The molecule has 0 amide bonds. The maximum absolute atomic E-state index is 5.77. The Morgan fingerprint density at radius 1 is 1.00 bits per heavy atom. The lowest BCUT2D eigenvalue weighted by atomic mass is 10.1. The van der Waals surface area contributed by atoms with Gasteiger partial charge in [-0.1, -0.05) is 49.2 Å². The van der Waals surface area contributed by atoms with E-state index < -0.39 is 0 Å². The summed E-state index contributed by atoms with van der Waals surface area (Å²) in [7, 11) is 0. The Morgan fingerprint density at radius 3 is 2.58 bits per heavy atom. The number of nitrogens with zero attached hydrogens (tertiary/aromatic N) is 1. The summed E-state index contributed by atoms with van der Waals surface area (Å²) in [6.45, 7) is 1.86. The molecule has 2 aliphatic rings. The molecule has 0 unspecified atom stereocenters. The first-order valence-corrected chi connectivity index (χ1v) is 9.67. The Labute approximate surface area is 160 Å². The van der Waals surface area contributed by atoms with Gasteiger partial charge in [-0.15, -0.1) is 0 Å². The molecule has 0 aromatic heterocycles. The topological polar surface area (TPSA) is 33.7 Å². The molecule has 1 aliphatic heterocycles. The van der Waals surface area contributed by atoms with E-state index in [4.69, 9.17) is 21.7 Å². The van der Waals surface area contributed by atoms with Crippen LogP contribution in [0.2, 0.25) is 0 Å². The Balaban J connectivity index is 1.46. The van der Waals surface area contributed by atoms with Crippen LogP contribution in [0.15, 0.2) is 48.5 Å². The van der Waals surface area contributed by atoms with E-state index in [1.807, 2.05) is 12.1 Å². The Kier molecular flexibility index (Phi) is 5.25. The number of ether oxygens (including phenoxy) is 2. The highest BCUT2D eigenvalue weighted by molar-refractivity contribution is 7.80. The first kappa shape index (κ1) is 17.2. The summed E-state index contributed by atoms with van der Waals surface area (Å²) in [5, 5.41) is 4.28. The maximum Gasteiger partial charge on any atom is 0.231 e. The first-order valence-electron chi connectivity index (χ1n) is 9.26. The van der Waals surface area contributed by atoms with Gasteiger partial charge >= 0.3 is 0 Å². The molecule has 1 heterocycles. The third kappa shape index (κ3) is 3.93. The summed E-state index contributed by atoms with van der Waals surface area (Å²) in [6, 6.07) is 17.1. The van der Waals surface area contributed by atoms with E-state index >= 15 is 0 Å². The number of rotatable bonds is 5. The van der Waals surface area contributed by atoms with Crippen LogP contribution in [0.25, 0.3) is 0 Å². The van der Waals surface area contributed by atoms with E-state index in [1.54, 1.807) is 0 Å². The highest BCUT2D eigenvalue weighted by Gasteiger charge is 2.25. The summed E-state index contributed by atoms with van der Waals surface area (Å²) in [5.74, 6) is 1.66. The Bertz CT molecular complexity index is 760.